The molecule has 0 fully saturated rings. The van der Waals surface area contributed by atoms with Gasteiger partial charge in [-0.3, -0.25) is 4.79 Å². The molecule has 4 heteroatoms. The molecule has 19 heavy (non-hydrogen) atoms. The number of benzene rings is 1. The van der Waals surface area contributed by atoms with E-state index >= 15 is 0 Å². The summed E-state index contributed by atoms with van der Waals surface area (Å²) in [6, 6.07) is 6.22. The standard InChI is InChI=1S/C15H18N2O2/c1-9-4-5-12(6-10(9)2)13-8-16-14(17-13)7-11(3)15(18)19/h4-6,8,11H,7H2,1-3H3,(H,16,17)(H,18,19). The normalized spacial score (nSPS) is 12.4. The minimum Gasteiger partial charge on any atom is -0.481 e. The van der Waals surface area contributed by atoms with Crippen molar-refractivity contribution in [2.24, 2.45) is 5.92 Å². The Morgan fingerprint density at radius 1 is 1.37 bits per heavy atom. The zero-order valence-corrected chi connectivity index (χ0v) is 11.4. The molecule has 0 saturated heterocycles. The zero-order chi connectivity index (χ0) is 14.0. The summed E-state index contributed by atoms with van der Waals surface area (Å²) in [7, 11) is 0. The van der Waals surface area contributed by atoms with E-state index in [4.69, 9.17) is 5.11 Å². The number of hydrogen-bond acceptors (Lipinski definition) is 2. The number of rotatable bonds is 4. The molecule has 0 bridgehead atoms. The van der Waals surface area contributed by atoms with Crippen LogP contribution in [0.3, 0.4) is 0 Å². The number of aryl methyl sites for hydroxylation is 2. The molecule has 0 aliphatic carbocycles. The van der Waals surface area contributed by atoms with Gasteiger partial charge in [-0.15, -0.1) is 0 Å². The van der Waals surface area contributed by atoms with Gasteiger partial charge in [-0.05, 0) is 36.6 Å². The van der Waals surface area contributed by atoms with E-state index in [2.05, 4.69) is 35.9 Å². The van der Waals surface area contributed by atoms with Crippen LogP contribution in [0.25, 0.3) is 11.3 Å². The molecule has 0 spiro atoms. The Hall–Kier alpha value is -2.10. The van der Waals surface area contributed by atoms with Crippen LogP contribution in [-0.4, -0.2) is 21.0 Å². The van der Waals surface area contributed by atoms with Gasteiger partial charge in [0.15, 0.2) is 0 Å². The van der Waals surface area contributed by atoms with Crippen LogP contribution in [-0.2, 0) is 11.2 Å². The summed E-state index contributed by atoms with van der Waals surface area (Å²) in [5.41, 5.74) is 4.48. The maximum atomic E-state index is 10.8. The van der Waals surface area contributed by atoms with Gasteiger partial charge >= 0.3 is 5.97 Å². The Morgan fingerprint density at radius 3 is 2.74 bits per heavy atom. The summed E-state index contributed by atoms with van der Waals surface area (Å²) in [4.78, 5) is 18.3. The molecule has 0 saturated carbocycles. The number of imidazole rings is 1. The van der Waals surface area contributed by atoms with E-state index < -0.39 is 11.9 Å². The first-order valence-electron chi connectivity index (χ1n) is 6.31. The number of carboxylic acids is 1. The van der Waals surface area contributed by atoms with Gasteiger partial charge in [0.2, 0.25) is 0 Å². The summed E-state index contributed by atoms with van der Waals surface area (Å²) in [6.45, 7) is 5.83. The van der Waals surface area contributed by atoms with E-state index in [-0.39, 0.29) is 0 Å². The second-order valence-corrected chi connectivity index (χ2v) is 4.99. The van der Waals surface area contributed by atoms with Crippen molar-refractivity contribution >= 4 is 5.97 Å². The summed E-state index contributed by atoms with van der Waals surface area (Å²) in [6.07, 6.45) is 2.17. The average molecular weight is 258 g/mol. The Labute approximate surface area is 112 Å². The SMILES string of the molecule is Cc1ccc(-c2cnc(CC(C)C(=O)O)[nH]2)cc1C. The highest BCUT2D eigenvalue weighted by Crippen LogP contribution is 2.21. The van der Waals surface area contributed by atoms with E-state index in [0.717, 1.165) is 11.3 Å². The van der Waals surface area contributed by atoms with Gasteiger partial charge in [-0.1, -0.05) is 19.1 Å². The highest BCUT2D eigenvalue weighted by Gasteiger charge is 2.14. The van der Waals surface area contributed by atoms with Crippen LogP contribution in [0.15, 0.2) is 24.4 Å². The molecule has 100 valence electrons. The molecule has 1 atom stereocenters. The van der Waals surface area contributed by atoms with Gasteiger partial charge in [0.25, 0.3) is 0 Å². The minimum atomic E-state index is -0.802. The van der Waals surface area contributed by atoms with Crippen LogP contribution < -0.4 is 0 Å². The van der Waals surface area contributed by atoms with Gasteiger partial charge in [0.05, 0.1) is 17.8 Å². The Bertz CT molecular complexity index is 602. The molecule has 0 radical (unpaired) electrons. The fraction of sp³-hybridized carbons (Fsp3) is 0.333. The number of carboxylic acid groups (broad SMARTS) is 1. The molecule has 4 nitrogen and oxygen atoms in total. The van der Waals surface area contributed by atoms with E-state index in [1.54, 1.807) is 13.1 Å². The maximum absolute atomic E-state index is 10.8. The van der Waals surface area contributed by atoms with Gasteiger partial charge in [-0.2, -0.15) is 0 Å². The average Bonchev–Trinajstić information content (AvgIpc) is 2.81. The number of nitrogens with one attached hydrogen (secondary N) is 1. The van der Waals surface area contributed by atoms with Crippen LogP contribution in [0.5, 0.6) is 0 Å². The molecule has 1 aromatic carbocycles. The second-order valence-electron chi connectivity index (χ2n) is 4.99. The molecule has 2 rings (SSSR count). The minimum absolute atomic E-state index is 0.417. The van der Waals surface area contributed by atoms with Crippen molar-refractivity contribution in [3.8, 4) is 11.3 Å². The summed E-state index contributed by atoms with van der Waals surface area (Å²) in [5.74, 6) is -0.522. The lowest BCUT2D eigenvalue weighted by Gasteiger charge is -2.04. The van der Waals surface area contributed by atoms with E-state index in [9.17, 15) is 4.79 Å². The summed E-state index contributed by atoms with van der Waals surface area (Å²) in [5, 5.41) is 8.89. The Morgan fingerprint density at radius 2 is 2.11 bits per heavy atom. The van der Waals surface area contributed by atoms with Gasteiger partial charge in [0, 0.05) is 6.42 Å². The zero-order valence-electron chi connectivity index (χ0n) is 11.4. The number of H-pyrrole nitrogens is 1. The van der Waals surface area contributed by atoms with Crippen molar-refractivity contribution in [1.29, 1.82) is 0 Å². The predicted octanol–water partition coefficient (Wildman–Crippen LogP) is 2.96. The second kappa shape index (κ2) is 5.26. The molecule has 2 aromatic rings. The number of aromatic amines is 1. The van der Waals surface area contributed by atoms with Crippen LogP contribution in [0.4, 0.5) is 0 Å². The molecule has 2 N–H and O–H groups in total. The first-order valence-corrected chi connectivity index (χ1v) is 6.31. The van der Waals surface area contributed by atoms with Crippen molar-refractivity contribution < 1.29 is 9.90 Å². The molecular formula is C15H18N2O2. The molecular weight excluding hydrogens is 240 g/mol. The Kier molecular flexibility index (Phi) is 3.69. The van der Waals surface area contributed by atoms with Crippen LogP contribution in [0.2, 0.25) is 0 Å². The summed E-state index contributed by atoms with van der Waals surface area (Å²) < 4.78 is 0. The topological polar surface area (TPSA) is 66.0 Å². The number of hydrogen-bond donors (Lipinski definition) is 2. The third-order valence-electron chi connectivity index (χ3n) is 3.37. The third-order valence-corrected chi connectivity index (χ3v) is 3.37. The van der Waals surface area contributed by atoms with Crippen molar-refractivity contribution in [1.82, 2.24) is 9.97 Å². The maximum Gasteiger partial charge on any atom is 0.306 e. The highest BCUT2D eigenvalue weighted by molar-refractivity contribution is 5.69. The Balaban J connectivity index is 2.20. The van der Waals surface area contributed by atoms with Crippen molar-refractivity contribution in [2.75, 3.05) is 0 Å². The van der Waals surface area contributed by atoms with Crippen LogP contribution in [0, 0.1) is 19.8 Å². The fourth-order valence-electron chi connectivity index (χ4n) is 1.90. The van der Waals surface area contributed by atoms with Crippen LogP contribution in [0.1, 0.15) is 23.9 Å². The number of carbonyl (C=O) groups is 1. The lowest BCUT2D eigenvalue weighted by Crippen LogP contribution is -2.12. The first-order chi connectivity index (χ1) is 8.97. The quantitative estimate of drug-likeness (QED) is 0.886. The van der Waals surface area contributed by atoms with E-state index in [1.165, 1.54) is 11.1 Å². The molecule has 0 aliphatic rings. The molecule has 1 aromatic heterocycles. The van der Waals surface area contributed by atoms with Crippen molar-refractivity contribution in [3.05, 3.63) is 41.3 Å². The highest BCUT2D eigenvalue weighted by atomic mass is 16.4. The molecule has 1 unspecified atom stereocenters. The lowest BCUT2D eigenvalue weighted by atomic mass is 10.0. The van der Waals surface area contributed by atoms with Gasteiger partial charge < -0.3 is 10.1 Å². The number of nitrogens with zero attached hydrogens (tertiary/aromatic N) is 1. The van der Waals surface area contributed by atoms with Crippen molar-refractivity contribution in [2.45, 2.75) is 27.2 Å². The molecule has 1 heterocycles. The molecule has 0 aliphatic heterocycles. The largest absolute Gasteiger partial charge is 0.481 e. The lowest BCUT2D eigenvalue weighted by molar-refractivity contribution is -0.141. The van der Waals surface area contributed by atoms with E-state index in [1.807, 2.05) is 6.07 Å². The van der Waals surface area contributed by atoms with Gasteiger partial charge in [-0.25, -0.2) is 4.98 Å². The number of aliphatic carboxylic acids is 1. The van der Waals surface area contributed by atoms with E-state index in [0.29, 0.717) is 12.2 Å². The smallest absolute Gasteiger partial charge is 0.306 e. The fourth-order valence-corrected chi connectivity index (χ4v) is 1.90. The summed E-state index contributed by atoms with van der Waals surface area (Å²) >= 11 is 0. The predicted molar refractivity (Wildman–Crippen MR) is 74.0 cm³/mol. The molecule has 0 amide bonds. The monoisotopic (exact) mass is 258 g/mol. The number of aromatic nitrogens is 2. The van der Waals surface area contributed by atoms with Crippen molar-refractivity contribution in [3.63, 3.8) is 0 Å². The third kappa shape index (κ3) is 3.02. The first kappa shape index (κ1) is 13.3. The van der Waals surface area contributed by atoms with Gasteiger partial charge in [0.1, 0.15) is 5.82 Å². The van der Waals surface area contributed by atoms with Crippen LogP contribution >= 0.6 is 0 Å².